The predicted octanol–water partition coefficient (Wildman–Crippen LogP) is 5.00. The van der Waals surface area contributed by atoms with Crippen LogP contribution in [0.2, 0.25) is 0 Å². The fraction of sp³-hybridized carbons (Fsp3) is 0.320. The minimum Gasteiger partial charge on any atom is -0.444 e. The molecule has 0 spiro atoms. The second-order valence-corrected chi connectivity index (χ2v) is 8.31. The zero-order chi connectivity index (χ0) is 21.9. The summed E-state index contributed by atoms with van der Waals surface area (Å²) in [6.45, 7) is 3.70. The molecular weight excluding hydrogens is 438 g/mol. The van der Waals surface area contributed by atoms with E-state index in [2.05, 4.69) is 15.5 Å². The summed E-state index contributed by atoms with van der Waals surface area (Å²) in [5.74, 6) is 0.626. The molecule has 1 aromatic heterocycles. The first-order valence-corrected chi connectivity index (χ1v) is 11.0. The molecule has 8 heteroatoms. The standard InChI is InChI=1S/C25H25N5O2.ClH/c26-14-19-8-10-20(11-9-19)15-29-18-27-24(23(29)16-28-12-4-1-5-13-28)30-22-7-3-2-6-21(22)17-32-25(30)31;/h2-3,6-11,18H,1,4-5,12-13,15-17H2;1H. The monoisotopic (exact) mass is 463 g/mol. The first-order valence-electron chi connectivity index (χ1n) is 11.0. The summed E-state index contributed by atoms with van der Waals surface area (Å²) in [6, 6.07) is 17.6. The molecule has 3 aromatic rings. The number of anilines is 2. The lowest BCUT2D eigenvalue weighted by Gasteiger charge is -2.30. The summed E-state index contributed by atoms with van der Waals surface area (Å²) >= 11 is 0. The van der Waals surface area contributed by atoms with Crippen molar-refractivity contribution in [3.8, 4) is 6.07 Å². The van der Waals surface area contributed by atoms with Crippen molar-refractivity contribution in [1.29, 1.82) is 5.26 Å². The summed E-state index contributed by atoms with van der Waals surface area (Å²) in [5, 5.41) is 9.08. The molecule has 0 N–H and O–H groups in total. The second-order valence-electron chi connectivity index (χ2n) is 8.31. The molecule has 1 amide bonds. The van der Waals surface area contributed by atoms with Crippen LogP contribution in [0.25, 0.3) is 0 Å². The molecule has 1 fully saturated rings. The zero-order valence-electron chi connectivity index (χ0n) is 18.3. The van der Waals surface area contributed by atoms with Gasteiger partial charge in [-0.1, -0.05) is 36.8 Å². The van der Waals surface area contributed by atoms with E-state index in [1.165, 1.54) is 19.3 Å². The van der Waals surface area contributed by atoms with Crippen molar-refractivity contribution in [3.05, 3.63) is 77.2 Å². The topological polar surface area (TPSA) is 74.4 Å². The van der Waals surface area contributed by atoms with Gasteiger partial charge >= 0.3 is 6.09 Å². The maximum Gasteiger partial charge on any atom is 0.420 e. The Balaban J connectivity index is 0.00000259. The first-order chi connectivity index (χ1) is 15.7. The number of para-hydroxylation sites is 1. The minimum absolute atomic E-state index is 0. The molecule has 1 saturated heterocycles. The van der Waals surface area contributed by atoms with E-state index in [4.69, 9.17) is 15.0 Å². The van der Waals surface area contributed by atoms with Gasteiger partial charge in [-0.2, -0.15) is 5.26 Å². The van der Waals surface area contributed by atoms with Crippen molar-refractivity contribution in [2.75, 3.05) is 18.0 Å². The van der Waals surface area contributed by atoms with Crippen LogP contribution in [0.1, 0.15) is 41.6 Å². The number of cyclic esters (lactones) is 1. The smallest absolute Gasteiger partial charge is 0.420 e. The number of hydrogen-bond acceptors (Lipinski definition) is 5. The predicted molar refractivity (Wildman–Crippen MR) is 128 cm³/mol. The number of hydrogen-bond donors (Lipinski definition) is 0. The maximum atomic E-state index is 12.9. The maximum absolute atomic E-state index is 12.9. The van der Waals surface area contributed by atoms with Crippen LogP contribution in [0.4, 0.5) is 16.3 Å². The number of likely N-dealkylation sites (tertiary alicyclic amines) is 1. The number of fused-ring (bicyclic) bond motifs is 1. The van der Waals surface area contributed by atoms with Crippen molar-refractivity contribution >= 4 is 30.0 Å². The molecule has 5 rings (SSSR count). The Hall–Kier alpha value is -3.34. The van der Waals surface area contributed by atoms with E-state index in [1.807, 2.05) is 48.5 Å². The van der Waals surface area contributed by atoms with Gasteiger partial charge in [-0.3, -0.25) is 4.90 Å². The summed E-state index contributed by atoms with van der Waals surface area (Å²) in [4.78, 5) is 21.6. The van der Waals surface area contributed by atoms with Crippen LogP contribution in [-0.2, 0) is 24.4 Å². The number of rotatable bonds is 5. The van der Waals surface area contributed by atoms with Gasteiger partial charge in [0, 0.05) is 18.7 Å². The van der Waals surface area contributed by atoms with E-state index < -0.39 is 6.09 Å². The number of nitriles is 1. The Morgan fingerprint density at radius 1 is 1.00 bits per heavy atom. The molecule has 33 heavy (non-hydrogen) atoms. The molecule has 0 saturated carbocycles. The van der Waals surface area contributed by atoms with Gasteiger partial charge in [0.05, 0.1) is 29.3 Å². The molecular formula is C25H26ClN5O2. The number of carbonyl (C=O) groups excluding carboxylic acids is 1. The number of piperidine rings is 1. The molecule has 0 aliphatic carbocycles. The Bertz CT molecular complexity index is 1160. The van der Waals surface area contributed by atoms with Crippen LogP contribution < -0.4 is 4.90 Å². The number of carbonyl (C=O) groups is 1. The number of nitrogens with zero attached hydrogens (tertiary/aromatic N) is 5. The van der Waals surface area contributed by atoms with Crippen molar-refractivity contribution < 1.29 is 9.53 Å². The minimum atomic E-state index is -0.396. The number of benzene rings is 2. The van der Waals surface area contributed by atoms with Crippen LogP contribution >= 0.6 is 12.4 Å². The number of imidazole rings is 1. The third-order valence-electron chi connectivity index (χ3n) is 6.16. The van der Waals surface area contributed by atoms with E-state index in [9.17, 15) is 4.79 Å². The quantitative estimate of drug-likeness (QED) is 0.532. The molecule has 2 aliphatic heterocycles. The van der Waals surface area contributed by atoms with Gasteiger partial charge in [0.15, 0.2) is 5.82 Å². The SMILES string of the molecule is Cl.N#Cc1ccc(Cn2cnc(N3C(=O)OCc4ccccc43)c2CN2CCCCC2)cc1. The molecule has 0 radical (unpaired) electrons. The summed E-state index contributed by atoms with van der Waals surface area (Å²) < 4.78 is 7.57. The fourth-order valence-corrected chi connectivity index (χ4v) is 4.45. The van der Waals surface area contributed by atoms with E-state index in [1.54, 1.807) is 11.2 Å². The lowest BCUT2D eigenvalue weighted by molar-refractivity contribution is 0.145. The Morgan fingerprint density at radius 2 is 1.76 bits per heavy atom. The number of halogens is 1. The average molecular weight is 464 g/mol. The van der Waals surface area contributed by atoms with Crippen molar-refractivity contribution in [1.82, 2.24) is 14.5 Å². The third-order valence-corrected chi connectivity index (χ3v) is 6.16. The van der Waals surface area contributed by atoms with Crippen LogP contribution in [0.15, 0.2) is 54.9 Å². The zero-order valence-corrected chi connectivity index (χ0v) is 19.1. The lowest BCUT2D eigenvalue weighted by Crippen LogP contribution is -2.34. The van der Waals surface area contributed by atoms with Crippen LogP contribution in [0, 0.1) is 11.3 Å². The Morgan fingerprint density at radius 3 is 2.52 bits per heavy atom. The van der Waals surface area contributed by atoms with Gasteiger partial charge in [-0.05, 0) is 49.7 Å². The number of aromatic nitrogens is 2. The van der Waals surface area contributed by atoms with Crippen molar-refractivity contribution in [3.63, 3.8) is 0 Å². The van der Waals surface area contributed by atoms with Gasteiger partial charge in [-0.25, -0.2) is 14.7 Å². The lowest BCUT2D eigenvalue weighted by atomic mass is 10.1. The van der Waals surface area contributed by atoms with E-state index in [0.29, 0.717) is 17.9 Å². The Labute approximate surface area is 199 Å². The van der Waals surface area contributed by atoms with Gasteiger partial charge in [0.1, 0.15) is 6.61 Å². The van der Waals surface area contributed by atoms with E-state index in [-0.39, 0.29) is 19.0 Å². The molecule has 0 atom stereocenters. The highest BCUT2D eigenvalue weighted by Gasteiger charge is 2.32. The van der Waals surface area contributed by atoms with Gasteiger partial charge < -0.3 is 9.30 Å². The van der Waals surface area contributed by atoms with Gasteiger partial charge in [0.25, 0.3) is 0 Å². The molecule has 170 valence electrons. The number of ether oxygens (including phenoxy) is 1. The molecule has 7 nitrogen and oxygen atoms in total. The molecule has 2 aromatic carbocycles. The number of amides is 1. The largest absolute Gasteiger partial charge is 0.444 e. The van der Waals surface area contributed by atoms with Crippen LogP contribution in [-0.4, -0.2) is 33.6 Å². The molecule has 0 unspecified atom stereocenters. The Kier molecular flexibility index (Phi) is 6.97. The van der Waals surface area contributed by atoms with Crippen molar-refractivity contribution in [2.45, 2.75) is 39.0 Å². The third kappa shape index (κ3) is 4.72. The normalized spacial score (nSPS) is 15.8. The van der Waals surface area contributed by atoms with E-state index >= 15 is 0 Å². The second kappa shape index (κ2) is 10.1. The summed E-state index contributed by atoms with van der Waals surface area (Å²) in [6.07, 6.45) is 5.05. The fourth-order valence-electron chi connectivity index (χ4n) is 4.45. The van der Waals surface area contributed by atoms with Gasteiger partial charge in [0.2, 0.25) is 0 Å². The highest BCUT2D eigenvalue weighted by Crippen LogP contribution is 2.35. The highest BCUT2D eigenvalue weighted by atomic mass is 35.5. The van der Waals surface area contributed by atoms with Crippen LogP contribution in [0.5, 0.6) is 0 Å². The first kappa shape index (κ1) is 22.8. The molecule has 3 heterocycles. The summed E-state index contributed by atoms with van der Waals surface area (Å²) in [7, 11) is 0. The average Bonchev–Trinajstić information content (AvgIpc) is 3.21. The van der Waals surface area contributed by atoms with Crippen molar-refractivity contribution in [2.24, 2.45) is 0 Å². The summed E-state index contributed by atoms with van der Waals surface area (Å²) in [5.41, 5.74) is 4.51. The molecule has 0 bridgehead atoms. The van der Waals surface area contributed by atoms with Gasteiger partial charge in [-0.15, -0.1) is 12.4 Å². The van der Waals surface area contributed by atoms with Crippen LogP contribution in [0.3, 0.4) is 0 Å². The van der Waals surface area contributed by atoms with E-state index in [0.717, 1.165) is 42.1 Å². The highest BCUT2D eigenvalue weighted by molar-refractivity contribution is 5.97. The molecule has 2 aliphatic rings.